The average molecular weight is 384 g/mol. The summed E-state index contributed by atoms with van der Waals surface area (Å²) in [7, 11) is 1.23. The van der Waals surface area contributed by atoms with E-state index in [1.165, 1.54) is 19.5 Å². The smallest absolute Gasteiger partial charge is 0.407 e. The number of nitrogens with one attached hydrogen (secondary N) is 1. The molecular weight excluding hydrogens is 369 g/mol. The molecule has 9 nitrogen and oxygen atoms in total. The van der Waals surface area contributed by atoms with Crippen LogP contribution in [0, 0.1) is 0 Å². The Balaban J connectivity index is 1.97. The molecular formula is C15H15ClFN5O4. The second-order valence-electron chi connectivity index (χ2n) is 5.77. The van der Waals surface area contributed by atoms with Crippen LogP contribution in [-0.2, 0) is 4.74 Å². The monoisotopic (exact) mass is 383 g/mol. The van der Waals surface area contributed by atoms with Gasteiger partial charge in [-0.25, -0.2) is 28.9 Å². The first-order chi connectivity index (χ1) is 12.4. The van der Waals surface area contributed by atoms with Gasteiger partial charge in [-0.05, 0) is 6.07 Å². The number of pyridine rings is 1. The molecule has 0 radical (unpaired) electrons. The third-order valence-electron chi connectivity index (χ3n) is 3.98. The Hall–Kier alpha value is -2.75. The number of carbonyl (C=O) groups is 2. The van der Waals surface area contributed by atoms with Crippen LogP contribution < -0.4 is 5.32 Å². The second kappa shape index (κ2) is 7.24. The maximum absolute atomic E-state index is 13.9. The molecule has 2 unspecified atom stereocenters. The summed E-state index contributed by atoms with van der Waals surface area (Å²) in [6, 6.07) is 0.812. The van der Waals surface area contributed by atoms with E-state index in [4.69, 9.17) is 21.4 Å². The molecule has 1 saturated heterocycles. The number of anilines is 1. The van der Waals surface area contributed by atoms with E-state index in [0.29, 0.717) is 0 Å². The van der Waals surface area contributed by atoms with Gasteiger partial charge >= 0.3 is 12.1 Å². The van der Waals surface area contributed by atoms with E-state index in [0.717, 1.165) is 4.90 Å². The molecule has 1 amide bonds. The molecule has 2 N–H and O–H groups in total. The molecule has 2 atom stereocenters. The number of alkyl halides is 1. The highest BCUT2D eigenvalue weighted by molar-refractivity contribution is 6.30. The predicted octanol–water partition coefficient (Wildman–Crippen LogP) is 1.97. The van der Waals surface area contributed by atoms with Gasteiger partial charge in [0.2, 0.25) is 0 Å². The van der Waals surface area contributed by atoms with Gasteiger partial charge in [-0.15, -0.1) is 0 Å². The number of nitrogens with zero attached hydrogens (tertiary/aromatic N) is 4. The lowest BCUT2D eigenvalue weighted by atomic mass is 10.0. The fourth-order valence-corrected chi connectivity index (χ4v) is 3.06. The van der Waals surface area contributed by atoms with Crippen LogP contribution in [0.5, 0.6) is 0 Å². The van der Waals surface area contributed by atoms with Crippen LogP contribution in [0.25, 0.3) is 11.0 Å². The summed E-state index contributed by atoms with van der Waals surface area (Å²) in [5.74, 6) is -0.408. The van der Waals surface area contributed by atoms with Gasteiger partial charge < -0.3 is 20.1 Å². The van der Waals surface area contributed by atoms with Crippen LogP contribution >= 0.6 is 11.6 Å². The Morgan fingerprint density at radius 1 is 1.38 bits per heavy atom. The maximum atomic E-state index is 13.9. The molecule has 0 aromatic carbocycles. The Morgan fingerprint density at radius 3 is 2.85 bits per heavy atom. The van der Waals surface area contributed by atoms with Crippen molar-refractivity contribution in [3.63, 3.8) is 0 Å². The van der Waals surface area contributed by atoms with Gasteiger partial charge in [0.15, 0.2) is 5.82 Å². The number of ether oxygens (including phenoxy) is 1. The van der Waals surface area contributed by atoms with Gasteiger partial charge in [-0.1, -0.05) is 11.6 Å². The zero-order chi connectivity index (χ0) is 18.8. The Bertz CT molecular complexity index is 867. The summed E-state index contributed by atoms with van der Waals surface area (Å²) in [6.45, 7) is -0.0831. The molecule has 1 aliphatic heterocycles. The highest BCUT2D eigenvalue weighted by atomic mass is 35.5. The Labute approximate surface area is 152 Å². The highest BCUT2D eigenvalue weighted by Crippen LogP contribution is 2.26. The number of halogens is 2. The molecule has 2 aromatic rings. The molecule has 2 aromatic heterocycles. The number of hydrogen-bond acceptors (Lipinski definition) is 7. The van der Waals surface area contributed by atoms with Gasteiger partial charge in [0.1, 0.15) is 28.7 Å². The average Bonchev–Trinajstić information content (AvgIpc) is 2.60. The fraction of sp³-hybridized carbons (Fsp3) is 0.400. The first-order valence-corrected chi connectivity index (χ1v) is 8.05. The molecule has 0 aliphatic carbocycles. The predicted molar refractivity (Wildman–Crippen MR) is 90.2 cm³/mol. The number of carbonyl (C=O) groups excluding carboxylic acids is 1. The summed E-state index contributed by atoms with van der Waals surface area (Å²) in [4.78, 5) is 36.3. The number of aromatic nitrogens is 3. The van der Waals surface area contributed by atoms with Gasteiger partial charge in [-0.3, -0.25) is 0 Å². The van der Waals surface area contributed by atoms with Crippen molar-refractivity contribution < 1.29 is 23.8 Å². The first-order valence-electron chi connectivity index (χ1n) is 7.67. The van der Waals surface area contributed by atoms with Crippen molar-refractivity contribution in [1.29, 1.82) is 0 Å². The minimum absolute atomic E-state index is 0.0370. The number of piperidine rings is 1. The number of hydrogen-bond donors (Lipinski definition) is 2. The quantitative estimate of drug-likeness (QED) is 0.610. The van der Waals surface area contributed by atoms with E-state index in [1.54, 1.807) is 0 Å². The third kappa shape index (κ3) is 3.59. The van der Waals surface area contributed by atoms with E-state index < -0.39 is 24.3 Å². The van der Waals surface area contributed by atoms with E-state index >= 15 is 0 Å². The van der Waals surface area contributed by atoms with Crippen molar-refractivity contribution in [3.05, 3.63) is 23.1 Å². The Kier molecular flexibility index (Phi) is 5.03. The van der Waals surface area contributed by atoms with Crippen molar-refractivity contribution in [1.82, 2.24) is 19.9 Å². The lowest BCUT2D eigenvalue weighted by Crippen LogP contribution is -2.49. The first kappa shape index (κ1) is 18.1. The molecule has 11 heteroatoms. The minimum atomic E-state index is -1.30. The van der Waals surface area contributed by atoms with Crippen molar-refractivity contribution in [2.45, 2.75) is 18.6 Å². The van der Waals surface area contributed by atoms with Gasteiger partial charge in [-0.2, -0.15) is 0 Å². The zero-order valence-corrected chi connectivity index (χ0v) is 14.4. The SMILES string of the molecule is COC(=O)c1cc(Cl)nc2c(NC3CC(F)CN(C(=O)O)C3)ncnc12. The van der Waals surface area contributed by atoms with Crippen LogP contribution in [-0.4, -0.2) is 69.4 Å². The maximum Gasteiger partial charge on any atom is 0.407 e. The lowest BCUT2D eigenvalue weighted by molar-refractivity contribution is 0.0602. The summed E-state index contributed by atoms with van der Waals surface area (Å²) in [6.07, 6.45) is -1.16. The van der Waals surface area contributed by atoms with Gasteiger partial charge in [0.25, 0.3) is 0 Å². The molecule has 0 spiro atoms. The van der Waals surface area contributed by atoms with Crippen LogP contribution in [0.1, 0.15) is 16.8 Å². The van der Waals surface area contributed by atoms with Crippen LogP contribution in [0.2, 0.25) is 5.15 Å². The number of carboxylic acid groups (broad SMARTS) is 1. The normalized spacial score (nSPS) is 20.0. The largest absolute Gasteiger partial charge is 0.465 e. The lowest BCUT2D eigenvalue weighted by Gasteiger charge is -2.33. The van der Waals surface area contributed by atoms with Crippen molar-refractivity contribution in [2.75, 3.05) is 25.5 Å². The molecule has 0 bridgehead atoms. The molecule has 138 valence electrons. The van der Waals surface area contributed by atoms with Crippen molar-refractivity contribution in [2.24, 2.45) is 0 Å². The van der Waals surface area contributed by atoms with E-state index in [9.17, 15) is 14.0 Å². The Morgan fingerprint density at radius 2 is 2.15 bits per heavy atom. The molecule has 0 saturated carbocycles. The molecule has 3 heterocycles. The zero-order valence-electron chi connectivity index (χ0n) is 13.6. The van der Waals surface area contributed by atoms with Gasteiger partial charge in [0.05, 0.1) is 19.2 Å². The molecule has 26 heavy (non-hydrogen) atoms. The topological polar surface area (TPSA) is 118 Å². The minimum Gasteiger partial charge on any atom is -0.465 e. The molecule has 1 aliphatic rings. The second-order valence-corrected chi connectivity index (χ2v) is 6.15. The standard InChI is InChI=1S/C15H15ClFN5O4/c1-26-14(23)9-3-10(16)21-12-11(9)18-6-19-13(12)20-8-2-7(17)4-22(5-8)15(24)25/h3,6-8H,2,4-5H2,1H3,(H,24,25)(H,18,19,20). The van der Waals surface area contributed by atoms with E-state index in [1.807, 2.05) is 0 Å². The third-order valence-corrected chi connectivity index (χ3v) is 4.17. The van der Waals surface area contributed by atoms with E-state index in [-0.39, 0.29) is 47.1 Å². The fourth-order valence-electron chi connectivity index (χ4n) is 2.87. The summed E-state index contributed by atoms with van der Waals surface area (Å²) < 4.78 is 18.6. The number of fused-ring (bicyclic) bond motifs is 1. The van der Waals surface area contributed by atoms with Gasteiger partial charge in [0, 0.05) is 19.0 Å². The molecule has 3 rings (SSSR count). The number of rotatable bonds is 3. The number of esters is 1. The van der Waals surface area contributed by atoms with Crippen molar-refractivity contribution >= 4 is 40.5 Å². The highest BCUT2D eigenvalue weighted by Gasteiger charge is 2.30. The van der Waals surface area contributed by atoms with Crippen LogP contribution in [0.15, 0.2) is 12.4 Å². The van der Waals surface area contributed by atoms with Crippen molar-refractivity contribution in [3.8, 4) is 0 Å². The van der Waals surface area contributed by atoms with Crippen LogP contribution in [0.4, 0.5) is 15.0 Å². The summed E-state index contributed by atoms with van der Waals surface area (Å²) in [5, 5.41) is 12.1. The summed E-state index contributed by atoms with van der Waals surface area (Å²) >= 11 is 5.98. The molecule has 1 fully saturated rings. The summed E-state index contributed by atoms with van der Waals surface area (Å²) in [5.41, 5.74) is 0.553. The number of amides is 1. The number of likely N-dealkylation sites (tertiary alicyclic amines) is 1. The number of methoxy groups -OCH3 is 1. The van der Waals surface area contributed by atoms with E-state index in [2.05, 4.69) is 20.3 Å². The van der Waals surface area contributed by atoms with Crippen LogP contribution in [0.3, 0.4) is 0 Å².